The van der Waals surface area contributed by atoms with Crippen LogP contribution < -0.4 is 0 Å². The fourth-order valence-corrected chi connectivity index (χ4v) is 11.1. The molecule has 0 spiro atoms. The van der Waals surface area contributed by atoms with Crippen LogP contribution in [0.1, 0.15) is 36.1 Å². The topological polar surface area (TPSA) is 62.4 Å². The van der Waals surface area contributed by atoms with Gasteiger partial charge in [-0.15, -0.1) is 0 Å². The lowest BCUT2D eigenvalue weighted by atomic mass is 9.81. The Bertz CT molecular complexity index is 3990. The normalized spacial score (nSPS) is 13.1. The Kier molecular flexibility index (Phi) is 6.86. The van der Waals surface area contributed by atoms with E-state index in [1.165, 1.54) is 33.0 Å². The van der Waals surface area contributed by atoms with Crippen molar-refractivity contribution in [3.63, 3.8) is 0 Å². The van der Waals surface area contributed by atoms with Crippen LogP contribution in [0.5, 0.6) is 0 Å². The summed E-state index contributed by atoms with van der Waals surface area (Å²) in [6.45, 7) is 4.62. The van der Waals surface area contributed by atoms with Crippen LogP contribution in [0.2, 0.25) is 0 Å². The lowest BCUT2D eigenvalue weighted by Gasteiger charge is -2.24. The third-order valence-electron chi connectivity index (χ3n) is 13.7. The van der Waals surface area contributed by atoms with Crippen LogP contribution in [0.25, 0.3) is 104 Å². The summed E-state index contributed by atoms with van der Waals surface area (Å²) in [5.41, 5.74) is 14.3. The van der Waals surface area contributed by atoms with Gasteiger partial charge in [0.05, 0.1) is 55.6 Å². The van der Waals surface area contributed by atoms with E-state index >= 15 is 0 Å². The van der Waals surface area contributed by atoms with Gasteiger partial charge in [-0.25, -0.2) is 0 Å². The molecular weight excluding hydrogens is 755 g/mol. The Hall–Kier alpha value is -8.38. The summed E-state index contributed by atoms with van der Waals surface area (Å²) >= 11 is 0. The summed E-state index contributed by atoms with van der Waals surface area (Å²) in [5, 5.41) is 31.6. The van der Waals surface area contributed by atoms with Crippen molar-refractivity contribution in [1.29, 1.82) is 10.5 Å². The highest BCUT2D eigenvalue weighted by atomic mass is 15.0. The minimum absolute atomic E-state index is 0.343. The van der Waals surface area contributed by atoms with Gasteiger partial charge in [-0.1, -0.05) is 135 Å². The first-order valence-electron chi connectivity index (χ1n) is 21.1. The standard InChI is InChI=1S/C57H35N5/c1-57(2)46-19-9-5-15-39(46)42-25-26-43-45-31-37(60-47-20-10-6-16-40(47)41-17-7-11-21-48(41)60)24-28-50(45)62(56(43)55(42)57)53-30-35(32-58)52(29-36(53)33-59)61-49-22-12-8-18-44(49)54-38-14-4-3-13-34(38)23-27-51(54)61/h3-31H,1-2H3. The lowest BCUT2D eigenvalue weighted by Crippen LogP contribution is -2.16. The minimum atomic E-state index is -0.343. The average molecular weight is 790 g/mol. The van der Waals surface area contributed by atoms with E-state index in [9.17, 15) is 10.5 Å². The maximum atomic E-state index is 11.3. The second-order valence-corrected chi connectivity index (χ2v) is 17.1. The molecule has 5 nitrogen and oxygen atoms in total. The van der Waals surface area contributed by atoms with Crippen LogP contribution in [0, 0.1) is 22.7 Å². The molecule has 5 heteroatoms. The van der Waals surface area contributed by atoms with Gasteiger partial charge in [-0.2, -0.15) is 10.5 Å². The van der Waals surface area contributed by atoms with Gasteiger partial charge < -0.3 is 13.7 Å². The Morgan fingerprint density at radius 3 is 1.69 bits per heavy atom. The van der Waals surface area contributed by atoms with E-state index in [0.717, 1.165) is 71.1 Å². The first-order chi connectivity index (χ1) is 30.5. The molecule has 62 heavy (non-hydrogen) atoms. The van der Waals surface area contributed by atoms with Crippen LogP contribution in [-0.2, 0) is 5.41 Å². The van der Waals surface area contributed by atoms with Crippen LogP contribution in [0.4, 0.5) is 0 Å². The Labute approximate surface area is 356 Å². The first kappa shape index (κ1) is 34.5. The van der Waals surface area contributed by atoms with Gasteiger partial charge in [0, 0.05) is 43.4 Å². The summed E-state index contributed by atoms with van der Waals surface area (Å²) in [6.07, 6.45) is 0. The lowest BCUT2D eigenvalue weighted by molar-refractivity contribution is 0.664. The molecule has 3 heterocycles. The zero-order chi connectivity index (χ0) is 41.4. The summed E-state index contributed by atoms with van der Waals surface area (Å²) < 4.78 is 6.80. The number of aromatic nitrogens is 3. The van der Waals surface area contributed by atoms with Crippen molar-refractivity contribution in [2.24, 2.45) is 0 Å². The van der Waals surface area contributed by atoms with Crippen molar-refractivity contribution < 1.29 is 0 Å². The molecule has 0 saturated heterocycles. The highest BCUT2D eigenvalue weighted by Crippen LogP contribution is 2.53. The molecule has 0 atom stereocenters. The SMILES string of the molecule is CC1(C)c2ccccc2-c2ccc3c4cc(-n5c6ccccc6c6ccccc65)ccc4n(-c4cc(C#N)c(-n5c6ccccc6c6c7ccccc7ccc65)cc4C#N)c3c21. The molecule has 0 radical (unpaired) electrons. The predicted molar refractivity (Wildman–Crippen MR) is 254 cm³/mol. The van der Waals surface area contributed by atoms with Crippen molar-refractivity contribution in [1.82, 2.24) is 13.7 Å². The molecule has 0 bridgehead atoms. The molecule has 0 fully saturated rings. The van der Waals surface area contributed by atoms with Crippen molar-refractivity contribution in [3.8, 4) is 40.3 Å². The molecule has 3 aromatic heterocycles. The molecule has 0 amide bonds. The van der Waals surface area contributed by atoms with E-state index < -0.39 is 0 Å². The molecule has 288 valence electrons. The summed E-state index contributed by atoms with van der Waals surface area (Å²) in [7, 11) is 0. The molecule has 0 N–H and O–H groups in total. The number of hydrogen-bond donors (Lipinski definition) is 0. The van der Waals surface area contributed by atoms with Crippen molar-refractivity contribution in [3.05, 3.63) is 198 Å². The van der Waals surface area contributed by atoms with Gasteiger partial charge in [-0.05, 0) is 87.6 Å². The van der Waals surface area contributed by atoms with E-state index in [4.69, 9.17) is 0 Å². The number of rotatable bonds is 3. The molecule has 1 aliphatic rings. The Morgan fingerprint density at radius 2 is 0.984 bits per heavy atom. The summed E-state index contributed by atoms with van der Waals surface area (Å²) in [5.74, 6) is 0. The second kappa shape index (κ2) is 12.3. The molecule has 9 aromatic carbocycles. The van der Waals surface area contributed by atoms with Crippen molar-refractivity contribution in [2.75, 3.05) is 0 Å². The van der Waals surface area contributed by atoms with E-state index in [1.54, 1.807) is 0 Å². The maximum Gasteiger partial charge on any atom is 0.101 e. The highest BCUT2D eigenvalue weighted by Gasteiger charge is 2.39. The zero-order valence-corrected chi connectivity index (χ0v) is 34.0. The number of benzene rings is 9. The van der Waals surface area contributed by atoms with Crippen LogP contribution in [0.15, 0.2) is 176 Å². The van der Waals surface area contributed by atoms with Gasteiger partial charge in [0.1, 0.15) is 12.1 Å². The largest absolute Gasteiger partial charge is 0.309 e. The minimum Gasteiger partial charge on any atom is -0.309 e. The number of fused-ring (bicyclic) bond motifs is 15. The van der Waals surface area contributed by atoms with Crippen molar-refractivity contribution in [2.45, 2.75) is 19.3 Å². The molecule has 1 aliphatic carbocycles. The molecular formula is C57H35N5. The fraction of sp³-hybridized carbons (Fsp3) is 0.0526. The van der Waals surface area contributed by atoms with Gasteiger partial charge in [0.2, 0.25) is 0 Å². The quantitative estimate of drug-likeness (QED) is 0.179. The fourth-order valence-electron chi connectivity index (χ4n) is 11.1. The second-order valence-electron chi connectivity index (χ2n) is 17.1. The van der Waals surface area contributed by atoms with E-state index in [-0.39, 0.29) is 5.41 Å². The van der Waals surface area contributed by atoms with Crippen LogP contribution >= 0.6 is 0 Å². The van der Waals surface area contributed by atoms with Gasteiger partial charge in [0.15, 0.2) is 0 Å². The number of para-hydroxylation sites is 3. The van der Waals surface area contributed by atoms with Gasteiger partial charge in [0.25, 0.3) is 0 Å². The summed E-state index contributed by atoms with van der Waals surface area (Å²) in [6, 6.07) is 67.3. The smallest absolute Gasteiger partial charge is 0.101 e. The first-order valence-corrected chi connectivity index (χ1v) is 21.1. The Balaban J connectivity index is 1.14. The monoisotopic (exact) mass is 789 g/mol. The molecule has 13 rings (SSSR count). The number of nitriles is 2. The van der Waals surface area contributed by atoms with Gasteiger partial charge >= 0.3 is 0 Å². The van der Waals surface area contributed by atoms with Crippen molar-refractivity contribution >= 4 is 76.2 Å². The van der Waals surface area contributed by atoms with E-state index in [1.807, 2.05) is 18.2 Å². The molecule has 12 aromatic rings. The van der Waals surface area contributed by atoms with E-state index in [2.05, 4.69) is 197 Å². The molecule has 0 unspecified atom stereocenters. The van der Waals surface area contributed by atoms with Gasteiger partial charge in [-0.3, -0.25) is 0 Å². The number of nitrogens with zero attached hydrogens (tertiary/aromatic N) is 5. The molecule has 0 aliphatic heterocycles. The molecule has 0 saturated carbocycles. The average Bonchev–Trinajstić information content (AvgIpc) is 4.02. The highest BCUT2D eigenvalue weighted by molar-refractivity contribution is 6.21. The Morgan fingerprint density at radius 1 is 0.419 bits per heavy atom. The number of hydrogen-bond acceptors (Lipinski definition) is 2. The van der Waals surface area contributed by atoms with E-state index in [0.29, 0.717) is 22.5 Å². The predicted octanol–water partition coefficient (Wildman–Crippen LogP) is 14.2. The maximum absolute atomic E-state index is 11.3. The third-order valence-corrected chi connectivity index (χ3v) is 13.7. The summed E-state index contributed by atoms with van der Waals surface area (Å²) in [4.78, 5) is 0. The zero-order valence-electron chi connectivity index (χ0n) is 34.0. The third kappa shape index (κ3) is 4.39. The van der Waals surface area contributed by atoms with Crippen LogP contribution in [0.3, 0.4) is 0 Å². The van der Waals surface area contributed by atoms with Crippen LogP contribution in [-0.4, -0.2) is 13.7 Å².